The van der Waals surface area contributed by atoms with Crippen molar-refractivity contribution in [2.75, 3.05) is 5.32 Å². The third-order valence-electron chi connectivity index (χ3n) is 4.16. The van der Waals surface area contributed by atoms with E-state index in [0.29, 0.717) is 10.7 Å². The topological polar surface area (TPSA) is 57.8 Å². The number of carbonyl (C=O) groups is 1. The molecule has 0 aliphatic heterocycles. The molecule has 0 saturated carbocycles. The fraction of sp³-hybridized carbons (Fsp3) is 0.300. The highest BCUT2D eigenvalue weighted by molar-refractivity contribution is 6.30. The van der Waals surface area contributed by atoms with Gasteiger partial charge in [0.25, 0.3) is 5.91 Å². The molecular weight excluding hydrogens is 334 g/mol. The number of hydrogen-bond acceptors (Lipinski definition) is 2. The van der Waals surface area contributed by atoms with Crippen LogP contribution in [0, 0.1) is 32.1 Å². The van der Waals surface area contributed by atoms with E-state index in [0.717, 1.165) is 35.5 Å². The molecule has 0 aliphatic carbocycles. The van der Waals surface area contributed by atoms with Crippen LogP contribution in [0.25, 0.3) is 6.08 Å². The van der Waals surface area contributed by atoms with Crippen molar-refractivity contribution in [3.05, 3.63) is 57.4 Å². The van der Waals surface area contributed by atoms with Crippen LogP contribution in [0.3, 0.4) is 0 Å². The van der Waals surface area contributed by atoms with E-state index in [1.165, 1.54) is 0 Å². The molecule has 0 unspecified atom stereocenters. The van der Waals surface area contributed by atoms with Gasteiger partial charge in [0.15, 0.2) is 0 Å². The van der Waals surface area contributed by atoms with Crippen LogP contribution in [0.1, 0.15) is 35.9 Å². The summed E-state index contributed by atoms with van der Waals surface area (Å²) in [6.07, 6.45) is 2.68. The maximum absolute atomic E-state index is 12.5. The van der Waals surface area contributed by atoms with Gasteiger partial charge < -0.3 is 9.88 Å². The highest BCUT2D eigenvalue weighted by Gasteiger charge is 2.13. The lowest BCUT2D eigenvalue weighted by molar-refractivity contribution is -0.112. The summed E-state index contributed by atoms with van der Waals surface area (Å²) in [6, 6.07) is 9.22. The molecule has 0 atom stereocenters. The number of hydrogen-bond donors (Lipinski definition) is 1. The number of nitriles is 1. The quantitative estimate of drug-likeness (QED) is 0.604. The van der Waals surface area contributed by atoms with E-state index in [-0.39, 0.29) is 5.57 Å². The van der Waals surface area contributed by atoms with Gasteiger partial charge in [0.1, 0.15) is 11.6 Å². The Morgan fingerprint density at radius 3 is 2.64 bits per heavy atom. The molecule has 1 heterocycles. The summed E-state index contributed by atoms with van der Waals surface area (Å²) in [6.45, 7) is 8.93. The van der Waals surface area contributed by atoms with E-state index in [4.69, 9.17) is 11.6 Å². The monoisotopic (exact) mass is 355 g/mol. The second-order valence-corrected chi connectivity index (χ2v) is 6.50. The van der Waals surface area contributed by atoms with Crippen molar-refractivity contribution in [2.45, 2.75) is 40.7 Å². The Morgan fingerprint density at radius 2 is 2.04 bits per heavy atom. The van der Waals surface area contributed by atoms with Gasteiger partial charge in [-0.05, 0) is 68.7 Å². The molecule has 0 spiro atoms. The molecule has 0 bridgehead atoms. The molecule has 25 heavy (non-hydrogen) atoms. The van der Waals surface area contributed by atoms with E-state index in [9.17, 15) is 10.1 Å². The molecule has 0 saturated heterocycles. The summed E-state index contributed by atoms with van der Waals surface area (Å²) in [4.78, 5) is 12.5. The van der Waals surface area contributed by atoms with Crippen molar-refractivity contribution >= 4 is 29.3 Å². The van der Waals surface area contributed by atoms with Crippen LogP contribution in [-0.2, 0) is 11.3 Å². The SMILES string of the molecule is CCCn1c(C)cc(/C=C(/C#N)C(=O)Nc2ccc(Cl)cc2C)c1C. The van der Waals surface area contributed by atoms with E-state index in [1.807, 2.05) is 32.9 Å². The largest absolute Gasteiger partial charge is 0.349 e. The number of anilines is 1. The van der Waals surface area contributed by atoms with Crippen molar-refractivity contribution in [1.82, 2.24) is 4.57 Å². The Hall–Kier alpha value is -2.51. The fourth-order valence-electron chi connectivity index (χ4n) is 2.80. The number of carbonyl (C=O) groups excluding carboxylic acids is 1. The van der Waals surface area contributed by atoms with Crippen molar-refractivity contribution < 1.29 is 4.79 Å². The molecule has 130 valence electrons. The number of rotatable bonds is 5. The summed E-state index contributed by atoms with van der Waals surface area (Å²) >= 11 is 5.93. The number of aryl methyl sites for hydroxylation is 2. The van der Waals surface area contributed by atoms with Gasteiger partial charge in [0.2, 0.25) is 0 Å². The zero-order valence-electron chi connectivity index (χ0n) is 15.0. The van der Waals surface area contributed by atoms with Crippen LogP contribution in [-0.4, -0.2) is 10.5 Å². The zero-order chi connectivity index (χ0) is 18.6. The number of halogens is 1. The van der Waals surface area contributed by atoms with Crippen molar-refractivity contribution in [3.63, 3.8) is 0 Å². The molecule has 1 aromatic carbocycles. The fourth-order valence-corrected chi connectivity index (χ4v) is 3.03. The first-order valence-corrected chi connectivity index (χ1v) is 8.61. The summed E-state index contributed by atoms with van der Waals surface area (Å²) in [5.41, 5.74) is 4.64. The third-order valence-corrected chi connectivity index (χ3v) is 4.40. The van der Waals surface area contributed by atoms with E-state index in [1.54, 1.807) is 24.3 Å². The molecule has 1 amide bonds. The Morgan fingerprint density at radius 1 is 1.32 bits per heavy atom. The molecule has 4 nitrogen and oxygen atoms in total. The molecule has 5 heteroatoms. The van der Waals surface area contributed by atoms with Gasteiger partial charge in [-0.3, -0.25) is 4.79 Å². The van der Waals surface area contributed by atoms with Crippen LogP contribution in [0.4, 0.5) is 5.69 Å². The minimum atomic E-state index is -0.423. The minimum Gasteiger partial charge on any atom is -0.349 e. The lowest BCUT2D eigenvalue weighted by Crippen LogP contribution is -2.14. The maximum Gasteiger partial charge on any atom is 0.266 e. The van der Waals surface area contributed by atoms with Gasteiger partial charge in [0.05, 0.1) is 0 Å². The van der Waals surface area contributed by atoms with Crippen LogP contribution < -0.4 is 5.32 Å². The van der Waals surface area contributed by atoms with Crippen LogP contribution in [0.15, 0.2) is 29.8 Å². The lowest BCUT2D eigenvalue weighted by atomic mass is 10.1. The van der Waals surface area contributed by atoms with Gasteiger partial charge in [-0.1, -0.05) is 18.5 Å². The van der Waals surface area contributed by atoms with Gasteiger partial charge in [0, 0.05) is 28.6 Å². The number of aromatic nitrogens is 1. The molecule has 1 aromatic heterocycles. The highest BCUT2D eigenvalue weighted by atomic mass is 35.5. The summed E-state index contributed by atoms with van der Waals surface area (Å²) in [7, 11) is 0. The molecular formula is C20H22ClN3O. The predicted octanol–water partition coefficient (Wildman–Crippen LogP) is 5.02. The van der Waals surface area contributed by atoms with Crippen LogP contribution in [0.5, 0.6) is 0 Å². The van der Waals surface area contributed by atoms with Gasteiger partial charge in [-0.15, -0.1) is 0 Å². The average molecular weight is 356 g/mol. The molecule has 0 radical (unpaired) electrons. The molecule has 0 fully saturated rings. The third kappa shape index (κ3) is 4.32. The summed E-state index contributed by atoms with van der Waals surface area (Å²) < 4.78 is 2.20. The smallest absolute Gasteiger partial charge is 0.266 e. The minimum absolute atomic E-state index is 0.0751. The standard InChI is InChI=1S/C20H22ClN3O/c1-5-8-24-14(3)10-16(15(24)4)11-17(12-22)20(25)23-19-7-6-18(21)9-13(19)2/h6-7,9-11H,5,8H2,1-4H3,(H,23,25)/b17-11-. The van der Waals surface area contributed by atoms with E-state index < -0.39 is 5.91 Å². The first kappa shape index (κ1) is 18.8. The Balaban J connectivity index is 2.30. The second kappa shape index (κ2) is 8.04. The maximum atomic E-state index is 12.5. The Bertz CT molecular complexity index is 872. The first-order chi connectivity index (χ1) is 11.9. The molecule has 2 aromatic rings. The van der Waals surface area contributed by atoms with Crippen molar-refractivity contribution in [1.29, 1.82) is 5.26 Å². The Labute approximate surface area is 153 Å². The number of nitrogens with zero attached hydrogens (tertiary/aromatic N) is 2. The number of amides is 1. The van der Waals surface area contributed by atoms with E-state index in [2.05, 4.69) is 16.8 Å². The molecule has 2 rings (SSSR count). The normalized spacial score (nSPS) is 11.3. The van der Waals surface area contributed by atoms with E-state index >= 15 is 0 Å². The van der Waals surface area contributed by atoms with Crippen molar-refractivity contribution in [2.24, 2.45) is 0 Å². The number of benzene rings is 1. The predicted molar refractivity (Wildman–Crippen MR) is 103 cm³/mol. The number of nitrogens with one attached hydrogen (secondary N) is 1. The van der Waals surface area contributed by atoms with Gasteiger partial charge in [-0.2, -0.15) is 5.26 Å². The summed E-state index contributed by atoms with van der Waals surface area (Å²) in [5.74, 6) is -0.423. The Kier molecular flexibility index (Phi) is 6.06. The summed E-state index contributed by atoms with van der Waals surface area (Å²) in [5, 5.41) is 12.8. The average Bonchev–Trinajstić information content (AvgIpc) is 2.83. The van der Waals surface area contributed by atoms with Crippen LogP contribution in [0.2, 0.25) is 5.02 Å². The lowest BCUT2D eigenvalue weighted by Gasteiger charge is -2.08. The zero-order valence-corrected chi connectivity index (χ0v) is 15.7. The molecule has 1 N–H and O–H groups in total. The first-order valence-electron chi connectivity index (χ1n) is 8.23. The van der Waals surface area contributed by atoms with Gasteiger partial charge in [-0.25, -0.2) is 0 Å². The highest BCUT2D eigenvalue weighted by Crippen LogP contribution is 2.22. The van der Waals surface area contributed by atoms with Crippen molar-refractivity contribution in [3.8, 4) is 6.07 Å². The van der Waals surface area contributed by atoms with Gasteiger partial charge >= 0.3 is 0 Å². The second-order valence-electron chi connectivity index (χ2n) is 6.06. The molecule has 0 aliphatic rings. The van der Waals surface area contributed by atoms with Crippen LogP contribution >= 0.6 is 11.6 Å².